The van der Waals surface area contributed by atoms with Crippen LogP contribution in [-0.2, 0) is 4.74 Å². The van der Waals surface area contributed by atoms with E-state index in [-0.39, 0.29) is 0 Å². The highest BCUT2D eigenvalue weighted by molar-refractivity contribution is 5.05. The Bertz CT molecular complexity index is 175. The van der Waals surface area contributed by atoms with Gasteiger partial charge in [0.2, 0.25) is 0 Å². The first-order valence-electron chi connectivity index (χ1n) is 3.88. The van der Waals surface area contributed by atoms with Crippen molar-refractivity contribution in [2.45, 2.75) is 6.92 Å². The third-order valence-electron chi connectivity index (χ3n) is 1.55. The average Bonchev–Trinajstić information content (AvgIpc) is 2.04. The lowest BCUT2D eigenvalue weighted by Gasteiger charge is -2.17. The first-order valence-corrected chi connectivity index (χ1v) is 3.88. The number of rotatable bonds is 5. The Kier molecular flexibility index (Phi) is 5.41. The third-order valence-corrected chi connectivity index (χ3v) is 1.55. The fourth-order valence-corrected chi connectivity index (χ4v) is 0.743. The molecular formula is C9H18N2O. The molecule has 0 aliphatic heterocycles. The SMILES string of the molecule is C=C(COC)N(C)/C=C(\C)CN. The maximum atomic E-state index is 5.44. The van der Waals surface area contributed by atoms with Crippen molar-refractivity contribution >= 4 is 0 Å². The number of methoxy groups -OCH3 is 1. The molecule has 0 fully saturated rings. The highest BCUT2D eigenvalue weighted by Crippen LogP contribution is 2.01. The van der Waals surface area contributed by atoms with Crippen molar-refractivity contribution in [1.29, 1.82) is 0 Å². The van der Waals surface area contributed by atoms with Gasteiger partial charge in [-0.15, -0.1) is 0 Å². The quantitative estimate of drug-likeness (QED) is 0.667. The van der Waals surface area contributed by atoms with Crippen molar-refractivity contribution in [3.63, 3.8) is 0 Å². The van der Waals surface area contributed by atoms with E-state index in [4.69, 9.17) is 10.5 Å². The van der Waals surface area contributed by atoms with Gasteiger partial charge < -0.3 is 15.4 Å². The molecule has 0 unspecified atom stereocenters. The van der Waals surface area contributed by atoms with Gasteiger partial charge in [-0.25, -0.2) is 0 Å². The number of nitrogens with zero attached hydrogens (tertiary/aromatic N) is 1. The number of hydrogen-bond acceptors (Lipinski definition) is 3. The summed E-state index contributed by atoms with van der Waals surface area (Å²) in [4.78, 5) is 1.92. The number of likely N-dealkylation sites (N-methyl/N-ethyl adjacent to an activating group) is 1. The van der Waals surface area contributed by atoms with Crippen LogP contribution in [0.15, 0.2) is 24.0 Å². The molecule has 3 heteroatoms. The molecule has 0 amide bonds. The molecular weight excluding hydrogens is 152 g/mol. The Labute approximate surface area is 74.5 Å². The predicted molar refractivity (Wildman–Crippen MR) is 51.6 cm³/mol. The van der Waals surface area contributed by atoms with Crippen LogP contribution >= 0.6 is 0 Å². The molecule has 0 bridgehead atoms. The number of nitrogens with two attached hydrogens (primary N) is 1. The Morgan fingerprint density at radius 3 is 2.67 bits per heavy atom. The van der Waals surface area contributed by atoms with Crippen molar-refractivity contribution in [2.75, 3.05) is 27.3 Å². The second-order valence-electron chi connectivity index (χ2n) is 2.79. The highest BCUT2D eigenvalue weighted by atomic mass is 16.5. The molecule has 0 saturated carbocycles. The van der Waals surface area contributed by atoms with Crippen LogP contribution in [0.25, 0.3) is 0 Å². The zero-order chi connectivity index (χ0) is 9.56. The van der Waals surface area contributed by atoms with Crippen LogP contribution in [0.2, 0.25) is 0 Å². The van der Waals surface area contributed by atoms with Crippen LogP contribution in [0.3, 0.4) is 0 Å². The van der Waals surface area contributed by atoms with Gasteiger partial charge in [0.15, 0.2) is 0 Å². The normalized spacial score (nSPS) is 11.5. The van der Waals surface area contributed by atoms with Crippen LogP contribution in [0, 0.1) is 0 Å². The molecule has 0 aromatic carbocycles. The van der Waals surface area contributed by atoms with Crippen LogP contribution in [0.1, 0.15) is 6.92 Å². The minimum absolute atomic E-state index is 0.546. The van der Waals surface area contributed by atoms with Gasteiger partial charge in [0.05, 0.1) is 6.61 Å². The molecule has 0 saturated heterocycles. The number of ether oxygens (including phenoxy) is 1. The zero-order valence-corrected chi connectivity index (χ0v) is 8.13. The second-order valence-corrected chi connectivity index (χ2v) is 2.79. The molecule has 0 aliphatic carbocycles. The fraction of sp³-hybridized carbons (Fsp3) is 0.556. The van der Waals surface area contributed by atoms with E-state index < -0.39 is 0 Å². The Morgan fingerprint density at radius 1 is 1.67 bits per heavy atom. The van der Waals surface area contributed by atoms with E-state index >= 15 is 0 Å². The monoisotopic (exact) mass is 170 g/mol. The first kappa shape index (κ1) is 11.2. The Morgan fingerprint density at radius 2 is 2.25 bits per heavy atom. The van der Waals surface area contributed by atoms with Crippen molar-refractivity contribution in [3.8, 4) is 0 Å². The van der Waals surface area contributed by atoms with Crippen molar-refractivity contribution in [2.24, 2.45) is 5.73 Å². The first-order chi connectivity index (χ1) is 5.61. The lowest BCUT2D eigenvalue weighted by Crippen LogP contribution is -2.15. The van der Waals surface area contributed by atoms with Gasteiger partial charge in [-0.05, 0) is 12.5 Å². The standard InChI is InChI=1S/C9H18N2O/c1-8(5-10)6-11(3)9(2)7-12-4/h6H,2,5,7,10H2,1,3-4H3/b8-6+. The summed E-state index contributed by atoms with van der Waals surface area (Å²) in [5, 5.41) is 0. The van der Waals surface area contributed by atoms with Gasteiger partial charge in [-0.1, -0.05) is 6.58 Å². The van der Waals surface area contributed by atoms with Gasteiger partial charge >= 0.3 is 0 Å². The highest BCUT2D eigenvalue weighted by Gasteiger charge is 1.97. The van der Waals surface area contributed by atoms with E-state index in [1.54, 1.807) is 7.11 Å². The van der Waals surface area contributed by atoms with Crippen molar-refractivity contribution in [1.82, 2.24) is 4.90 Å². The van der Waals surface area contributed by atoms with E-state index in [0.29, 0.717) is 13.2 Å². The molecule has 70 valence electrons. The molecule has 0 aliphatic rings. The summed E-state index contributed by atoms with van der Waals surface area (Å²) >= 11 is 0. The summed E-state index contributed by atoms with van der Waals surface area (Å²) in [5.74, 6) is 0. The molecule has 0 atom stereocenters. The van der Waals surface area contributed by atoms with E-state index in [1.807, 2.05) is 25.1 Å². The van der Waals surface area contributed by atoms with Crippen LogP contribution in [-0.4, -0.2) is 32.2 Å². The second kappa shape index (κ2) is 5.80. The van der Waals surface area contributed by atoms with E-state index in [9.17, 15) is 0 Å². The molecule has 0 rings (SSSR count). The largest absolute Gasteiger partial charge is 0.379 e. The molecule has 0 heterocycles. The topological polar surface area (TPSA) is 38.5 Å². The summed E-state index contributed by atoms with van der Waals surface area (Å²) < 4.78 is 4.94. The summed E-state index contributed by atoms with van der Waals surface area (Å²) in [5.41, 5.74) is 7.48. The van der Waals surface area contributed by atoms with Crippen molar-refractivity contribution in [3.05, 3.63) is 24.0 Å². The van der Waals surface area contributed by atoms with Gasteiger partial charge in [0.1, 0.15) is 0 Å². The summed E-state index contributed by atoms with van der Waals surface area (Å²) in [6.45, 7) is 6.95. The molecule has 2 N–H and O–H groups in total. The molecule has 0 aromatic heterocycles. The third kappa shape index (κ3) is 4.16. The Hall–Kier alpha value is -0.800. The average molecular weight is 170 g/mol. The minimum Gasteiger partial charge on any atom is -0.379 e. The van der Waals surface area contributed by atoms with Gasteiger partial charge in [0, 0.05) is 32.6 Å². The van der Waals surface area contributed by atoms with Gasteiger partial charge in [0.25, 0.3) is 0 Å². The zero-order valence-electron chi connectivity index (χ0n) is 8.13. The summed E-state index contributed by atoms with van der Waals surface area (Å²) in [6, 6.07) is 0. The Balaban J connectivity index is 4.02. The summed E-state index contributed by atoms with van der Waals surface area (Å²) in [7, 11) is 3.58. The van der Waals surface area contributed by atoms with Crippen LogP contribution in [0.4, 0.5) is 0 Å². The lowest BCUT2D eigenvalue weighted by atomic mass is 10.3. The van der Waals surface area contributed by atoms with Gasteiger partial charge in [-0.2, -0.15) is 0 Å². The van der Waals surface area contributed by atoms with E-state index in [1.165, 1.54) is 0 Å². The summed E-state index contributed by atoms with van der Waals surface area (Å²) in [6.07, 6.45) is 1.96. The molecule has 0 radical (unpaired) electrons. The smallest absolute Gasteiger partial charge is 0.0857 e. The maximum absolute atomic E-state index is 5.44. The predicted octanol–water partition coefficient (Wildman–Crippen LogP) is 0.941. The molecule has 0 spiro atoms. The number of hydrogen-bond donors (Lipinski definition) is 1. The van der Waals surface area contributed by atoms with Gasteiger partial charge in [-0.3, -0.25) is 0 Å². The molecule has 0 aromatic rings. The van der Waals surface area contributed by atoms with Crippen molar-refractivity contribution < 1.29 is 4.74 Å². The molecule has 3 nitrogen and oxygen atoms in total. The van der Waals surface area contributed by atoms with E-state index in [0.717, 1.165) is 11.3 Å². The van der Waals surface area contributed by atoms with E-state index in [2.05, 4.69) is 6.58 Å². The lowest BCUT2D eigenvalue weighted by molar-refractivity contribution is 0.208. The fourth-order valence-electron chi connectivity index (χ4n) is 0.743. The van der Waals surface area contributed by atoms with Crippen LogP contribution in [0.5, 0.6) is 0 Å². The van der Waals surface area contributed by atoms with Crippen LogP contribution < -0.4 is 5.73 Å². The maximum Gasteiger partial charge on any atom is 0.0857 e. The molecule has 12 heavy (non-hydrogen) atoms. The minimum atomic E-state index is 0.546.